The van der Waals surface area contributed by atoms with Gasteiger partial charge in [0, 0.05) is 19.9 Å². The first-order chi connectivity index (χ1) is 11.9. The van der Waals surface area contributed by atoms with Crippen molar-refractivity contribution in [1.29, 1.82) is 0 Å². The first kappa shape index (κ1) is 21.7. The molecule has 0 saturated heterocycles. The molecule has 1 aromatic rings. The summed E-state index contributed by atoms with van der Waals surface area (Å²) in [6.45, 7) is 6.31. The average Bonchev–Trinajstić information content (AvgIpc) is 2.57. The Hall–Kier alpha value is -1.30. The highest BCUT2D eigenvalue weighted by atomic mass is 35.5. The molecular formula is C19H30ClNO4. The van der Waals surface area contributed by atoms with Gasteiger partial charge in [0.1, 0.15) is 17.5 Å². The van der Waals surface area contributed by atoms with E-state index >= 15 is 0 Å². The highest BCUT2D eigenvalue weighted by Crippen LogP contribution is 2.29. The molecule has 0 saturated carbocycles. The fourth-order valence-electron chi connectivity index (χ4n) is 2.44. The first-order valence-electron chi connectivity index (χ1n) is 8.68. The first-order valence-corrected chi connectivity index (χ1v) is 9.05. The zero-order chi connectivity index (χ0) is 18.9. The molecule has 1 amide bonds. The fraction of sp³-hybridized carbons (Fsp3) is 0.632. The molecule has 1 aromatic carbocycles. The van der Waals surface area contributed by atoms with Crippen LogP contribution in [0.4, 0.5) is 5.69 Å². The van der Waals surface area contributed by atoms with E-state index in [9.17, 15) is 4.79 Å². The number of halogens is 1. The fourth-order valence-corrected chi connectivity index (χ4v) is 2.67. The number of hydrogen-bond acceptors (Lipinski definition) is 4. The molecule has 1 rings (SSSR count). The third-order valence-corrected chi connectivity index (χ3v) is 4.40. The molecule has 0 aliphatic heterocycles. The summed E-state index contributed by atoms with van der Waals surface area (Å²) >= 11 is 6.26. The SMILES string of the molecule is CCCCC[C@@](C)(OC)C(=O)Nc1ccc(O[C@H](C)COC)c(Cl)c1. The number of carbonyl (C=O) groups excluding carboxylic acids is 1. The van der Waals surface area contributed by atoms with Crippen LogP contribution in [0.3, 0.4) is 0 Å². The normalized spacial score (nSPS) is 14.6. The van der Waals surface area contributed by atoms with Crippen LogP contribution in [-0.2, 0) is 14.3 Å². The highest BCUT2D eigenvalue weighted by molar-refractivity contribution is 6.32. The second-order valence-corrected chi connectivity index (χ2v) is 6.78. The Morgan fingerprint density at radius 2 is 2.04 bits per heavy atom. The average molecular weight is 372 g/mol. The predicted molar refractivity (Wildman–Crippen MR) is 102 cm³/mol. The molecule has 0 spiro atoms. The maximum Gasteiger partial charge on any atom is 0.256 e. The number of amides is 1. The Bertz CT molecular complexity index is 552. The summed E-state index contributed by atoms with van der Waals surface area (Å²) in [5.41, 5.74) is -0.246. The van der Waals surface area contributed by atoms with Crippen molar-refractivity contribution >= 4 is 23.2 Å². The van der Waals surface area contributed by atoms with Gasteiger partial charge in [-0.1, -0.05) is 37.8 Å². The zero-order valence-electron chi connectivity index (χ0n) is 15.9. The molecule has 0 heterocycles. The smallest absolute Gasteiger partial charge is 0.256 e. The van der Waals surface area contributed by atoms with Crippen LogP contribution in [0.1, 0.15) is 46.5 Å². The Balaban J connectivity index is 2.75. The lowest BCUT2D eigenvalue weighted by atomic mass is 9.97. The maximum absolute atomic E-state index is 12.6. The molecule has 1 N–H and O–H groups in total. The van der Waals surface area contributed by atoms with E-state index in [0.29, 0.717) is 29.5 Å². The van der Waals surface area contributed by atoms with Gasteiger partial charge in [-0.25, -0.2) is 0 Å². The van der Waals surface area contributed by atoms with Crippen LogP contribution in [-0.4, -0.2) is 38.4 Å². The molecule has 0 bridgehead atoms. The van der Waals surface area contributed by atoms with Crippen LogP contribution in [0.2, 0.25) is 5.02 Å². The second-order valence-electron chi connectivity index (χ2n) is 6.38. The molecule has 25 heavy (non-hydrogen) atoms. The van der Waals surface area contributed by atoms with Crippen molar-refractivity contribution in [1.82, 2.24) is 0 Å². The number of methoxy groups -OCH3 is 2. The van der Waals surface area contributed by atoms with Crippen molar-refractivity contribution in [3.8, 4) is 5.75 Å². The van der Waals surface area contributed by atoms with E-state index in [4.69, 9.17) is 25.8 Å². The Kier molecular flexibility index (Phi) is 9.25. The van der Waals surface area contributed by atoms with E-state index in [0.717, 1.165) is 19.3 Å². The van der Waals surface area contributed by atoms with Gasteiger partial charge in [0.05, 0.1) is 11.6 Å². The number of anilines is 1. The lowest BCUT2D eigenvalue weighted by Gasteiger charge is -2.27. The molecule has 0 fully saturated rings. The molecule has 142 valence electrons. The van der Waals surface area contributed by atoms with E-state index < -0.39 is 5.60 Å². The van der Waals surface area contributed by atoms with Crippen LogP contribution in [0, 0.1) is 0 Å². The van der Waals surface area contributed by atoms with Gasteiger partial charge >= 0.3 is 0 Å². The lowest BCUT2D eigenvalue weighted by Crippen LogP contribution is -2.41. The van der Waals surface area contributed by atoms with E-state index in [-0.39, 0.29) is 12.0 Å². The van der Waals surface area contributed by atoms with Crippen molar-refractivity contribution in [3.63, 3.8) is 0 Å². The van der Waals surface area contributed by atoms with Gasteiger partial charge in [-0.05, 0) is 38.5 Å². The standard InChI is InChI=1S/C19H30ClNO4/c1-6-7-8-11-19(3,24-5)18(22)21-15-9-10-17(16(20)12-15)25-14(2)13-23-4/h9-10,12,14H,6-8,11,13H2,1-5H3,(H,21,22)/t14-,19-/m1/s1. The Morgan fingerprint density at radius 1 is 1.32 bits per heavy atom. The van der Waals surface area contributed by atoms with E-state index in [2.05, 4.69) is 12.2 Å². The summed E-state index contributed by atoms with van der Waals surface area (Å²) in [5.74, 6) is 0.380. The highest BCUT2D eigenvalue weighted by Gasteiger charge is 2.32. The van der Waals surface area contributed by atoms with Crippen LogP contribution < -0.4 is 10.1 Å². The molecule has 6 heteroatoms. The third kappa shape index (κ3) is 6.84. The largest absolute Gasteiger partial charge is 0.487 e. The van der Waals surface area contributed by atoms with Gasteiger partial charge in [-0.2, -0.15) is 0 Å². The van der Waals surface area contributed by atoms with Crippen LogP contribution in [0.25, 0.3) is 0 Å². The van der Waals surface area contributed by atoms with Crippen molar-refractivity contribution in [3.05, 3.63) is 23.2 Å². The predicted octanol–water partition coefficient (Wildman–Crippen LogP) is 4.68. The van der Waals surface area contributed by atoms with Crippen molar-refractivity contribution in [2.24, 2.45) is 0 Å². The van der Waals surface area contributed by atoms with Gasteiger partial charge in [0.25, 0.3) is 5.91 Å². The van der Waals surface area contributed by atoms with E-state index in [1.165, 1.54) is 0 Å². The summed E-state index contributed by atoms with van der Waals surface area (Å²) in [6, 6.07) is 5.18. The number of hydrogen-bond donors (Lipinski definition) is 1. The number of rotatable bonds is 11. The van der Waals surface area contributed by atoms with Crippen LogP contribution in [0.15, 0.2) is 18.2 Å². The van der Waals surface area contributed by atoms with Crippen LogP contribution in [0.5, 0.6) is 5.75 Å². The molecule has 0 aliphatic rings. The number of benzene rings is 1. The minimum Gasteiger partial charge on any atom is -0.487 e. The molecular weight excluding hydrogens is 342 g/mol. The van der Waals surface area contributed by atoms with Crippen molar-refractivity contribution < 1.29 is 19.0 Å². The Morgan fingerprint density at radius 3 is 2.60 bits per heavy atom. The van der Waals surface area contributed by atoms with Gasteiger partial charge < -0.3 is 19.5 Å². The zero-order valence-corrected chi connectivity index (χ0v) is 16.6. The molecule has 2 atom stereocenters. The summed E-state index contributed by atoms with van der Waals surface area (Å²) < 4.78 is 16.2. The number of ether oxygens (including phenoxy) is 3. The summed E-state index contributed by atoms with van der Waals surface area (Å²) in [4.78, 5) is 12.6. The summed E-state index contributed by atoms with van der Waals surface area (Å²) in [5, 5.41) is 3.31. The topological polar surface area (TPSA) is 56.8 Å². The van der Waals surface area contributed by atoms with Crippen LogP contribution >= 0.6 is 11.6 Å². The van der Waals surface area contributed by atoms with Gasteiger partial charge in [-0.15, -0.1) is 0 Å². The lowest BCUT2D eigenvalue weighted by molar-refractivity contribution is -0.136. The maximum atomic E-state index is 12.6. The number of carbonyl (C=O) groups is 1. The molecule has 0 aliphatic carbocycles. The molecule has 0 radical (unpaired) electrons. The number of nitrogens with one attached hydrogen (secondary N) is 1. The monoisotopic (exact) mass is 371 g/mol. The minimum atomic E-state index is -0.857. The van der Waals surface area contributed by atoms with Crippen molar-refractivity contribution in [2.75, 3.05) is 26.1 Å². The third-order valence-electron chi connectivity index (χ3n) is 4.11. The van der Waals surface area contributed by atoms with Gasteiger partial charge in [-0.3, -0.25) is 4.79 Å². The van der Waals surface area contributed by atoms with Gasteiger partial charge in [0.2, 0.25) is 0 Å². The Labute approximate surface area is 156 Å². The summed E-state index contributed by atoms with van der Waals surface area (Å²) in [7, 11) is 3.18. The summed E-state index contributed by atoms with van der Waals surface area (Å²) in [6.07, 6.45) is 3.67. The van der Waals surface area contributed by atoms with Gasteiger partial charge in [0.15, 0.2) is 0 Å². The molecule has 5 nitrogen and oxygen atoms in total. The second kappa shape index (κ2) is 10.6. The van der Waals surface area contributed by atoms with E-state index in [1.54, 1.807) is 32.4 Å². The van der Waals surface area contributed by atoms with Crippen molar-refractivity contribution in [2.45, 2.75) is 58.2 Å². The van der Waals surface area contributed by atoms with E-state index in [1.807, 2.05) is 13.8 Å². The molecule has 0 unspecified atom stereocenters. The quantitative estimate of drug-likeness (QED) is 0.574. The minimum absolute atomic E-state index is 0.113. The molecule has 0 aromatic heterocycles. The number of unbranched alkanes of at least 4 members (excludes halogenated alkanes) is 2.